The SMILES string of the molecule is CC(C)N1CCN(C(=O)c2ccc(NC(=O)Nc3ccc(-c4nc(O[C@H]5CCOC5)nc(N5CCOCC5)n4)cc3)cc2)CC1. The summed E-state index contributed by atoms with van der Waals surface area (Å²) in [5.41, 5.74) is 2.56. The van der Waals surface area contributed by atoms with Crippen LogP contribution in [0, 0.1) is 0 Å². The number of carbonyl (C=O) groups is 2. The van der Waals surface area contributed by atoms with Gasteiger partial charge < -0.3 is 34.6 Å². The highest BCUT2D eigenvalue weighted by Gasteiger charge is 2.24. The second-order valence-corrected chi connectivity index (χ2v) is 11.6. The number of hydrogen-bond donors (Lipinski definition) is 2. The molecule has 0 saturated carbocycles. The Morgan fingerprint density at radius 3 is 2.11 bits per heavy atom. The van der Waals surface area contributed by atoms with Crippen LogP contribution in [0.1, 0.15) is 30.6 Å². The van der Waals surface area contributed by atoms with Gasteiger partial charge in [-0.1, -0.05) is 0 Å². The van der Waals surface area contributed by atoms with Gasteiger partial charge >= 0.3 is 12.0 Å². The summed E-state index contributed by atoms with van der Waals surface area (Å²) in [5.74, 6) is 1.03. The normalized spacial score (nSPS) is 19.0. The second-order valence-electron chi connectivity index (χ2n) is 11.6. The molecule has 2 N–H and O–H groups in total. The highest BCUT2D eigenvalue weighted by Crippen LogP contribution is 2.24. The molecule has 3 aliphatic heterocycles. The van der Waals surface area contributed by atoms with Crippen LogP contribution in [0.25, 0.3) is 11.4 Å². The van der Waals surface area contributed by atoms with Gasteiger partial charge in [-0.3, -0.25) is 9.69 Å². The van der Waals surface area contributed by atoms with E-state index in [2.05, 4.69) is 44.2 Å². The second kappa shape index (κ2) is 14.2. The molecule has 0 bridgehead atoms. The molecule has 1 atom stereocenters. The van der Waals surface area contributed by atoms with Crippen molar-refractivity contribution in [2.45, 2.75) is 32.4 Å². The quantitative estimate of drug-likeness (QED) is 0.388. The number of nitrogens with one attached hydrogen (secondary N) is 2. The lowest BCUT2D eigenvalue weighted by Crippen LogP contribution is -2.50. The van der Waals surface area contributed by atoms with Crippen LogP contribution in [0.5, 0.6) is 6.01 Å². The van der Waals surface area contributed by atoms with Crippen LogP contribution in [0.15, 0.2) is 48.5 Å². The molecule has 238 valence electrons. The predicted molar refractivity (Wildman–Crippen MR) is 170 cm³/mol. The van der Waals surface area contributed by atoms with Crippen molar-refractivity contribution < 1.29 is 23.8 Å². The number of rotatable bonds is 8. The van der Waals surface area contributed by atoms with Gasteiger partial charge in [0.25, 0.3) is 5.91 Å². The average molecular weight is 617 g/mol. The van der Waals surface area contributed by atoms with Gasteiger partial charge in [0.05, 0.1) is 26.4 Å². The van der Waals surface area contributed by atoms with Crippen molar-refractivity contribution in [2.75, 3.05) is 81.2 Å². The lowest BCUT2D eigenvalue weighted by atomic mass is 10.1. The minimum Gasteiger partial charge on any atom is -0.457 e. The molecule has 13 nitrogen and oxygen atoms in total. The molecule has 0 spiro atoms. The van der Waals surface area contributed by atoms with E-state index < -0.39 is 6.03 Å². The Morgan fingerprint density at radius 1 is 0.822 bits per heavy atom. The molecule has 3 saturated heterocycles. The molecule has 3 aliphatic rings. The third-order valence-corrected chi connectivity index (χ3v) is 8.18. The van der Waals surface area contributed by atoms with Crippen molar-refractivity contribution in [2.24, 2.45) is 0 Å². The number of benzene rings is 2. The van der Waals surface area contributed by atoms with Crippen LogP contribution in [-0.4, -0.2) is 115 Å². The molecule has 13 heteroatoms. The number of piperazine rings is 1. The first kappa shape index (κ1) is 30.7. The fourth-order valence-electron chi connectivity index (χ4n) is 5.50. The van der Waals surface area contributed by atoms with E-state index in [0.717, 1.165) is 25.1 Å². The van der Waals surface area contributed by atoms with E-state index in [4.69, 9.17) is 19.2 Å². The number of ether oxygens (including phenoxy) is 3. The van der Waals surface area contributed by atoms with Gasteiger partial charge in [-0.25, -0.2) is 4.79 Å². The predicted octanol–water partition coefficient (Wildman–Crippen LogP) is 3.35. The van der Waals surface area contributed by atoms with Crippen molar-refractivity contribution in [3.05, 3.63) is 54.1 Å². The largest absolute Gasteiger partial charge is 0.457 e. The molecular weight excluding hydrogens is 576 g/mol. The molecule has 0 aliphatic carbocycles. The Kier molecular flexibility index (Phi) is 9.67. The summed E-state index contributed by atoms with van der Waals surface area (Å²) < 4.78 is 17.0. The van der Waals surface area contributed by atoms with Crippen molar-refractivity contribution in [3.63, 3.8) is 0 Å². The van der Waals surface area contributed by atoms with Gasteiger partial charge in [0, 0.05) is 74.2 Å². The third kappa shape index (κ3) is 7.85. The molecule has 1 aromatic heterocycles. The lowest BCUT2D eigenvalue weighted by molar-refractivity contribution is 0.0595. The van der Waals surface area contributed by atoms with E-state index in [-0.39, 0.29) is 18.0 Å². The Morgan fingerprint density at radius 2 is 1.49 bits per heavy atom. The number of hydrogen-bond acceptors (Lipinski definition) is 10. The fraction of sp³-hybridized carbons (Fsp3) is 0.469. The summed E-state index contributed by atoms with van der Waals surface area (Å²) in [6.07, 6.45) is 0.694. The number of anilines is 3. The first-order valence-electron chi connectivity index (χ1n) is 15.6. The van der Waals surface area contributed by atoms with Crippen LogP contribution < -0.4 is 20.3 Å². The van der Waals surface area contributed by atoms with Gasteiger partial charge in [0.15, 0.2) is 5.82 Å². The lowest BCUT2D eigenvalue weighted by Gasteiger charge is -2.37. The summed E-state index contributed by atoms with van der Waals surface area (Å²) in [6.45, 7) is 11.3. The zero-order valence-electron chi connectivity index (χ0n) is 25.8. The number of amides is 3. The molecule has 2 aromatic carbocycles. The number of carbonyl (C=O) groups excluding carboxylic acids is 2. The van der Waals surface area contributed by atoms with Crippen LogP contribution in [-0.2, 0) is 9.47 Å². The number of aromatic nitrogens is 3. The van der Waals surface area contributed by atoms with Crippen molar-refractivity contribution >= 4 is 29.3 Å². The van der Waals surface area contributed by atoms with Crippen LogP contribution in [0.3, 0.4) is 0 Å². The molecule has 0 unspecified atom stereocenters. The van der Waals surface area contributed by atoms with Crippen molar-refractivity contribution in [3.8, 4) is 17.4 Å². The van der Waals surface area contributed by atoms with E-state index in [1.165, 1.54) is 0 Å². The van der Waals surface area contributed by atoms with E-state index in [1.807, 2.05) is 17.0 Å². The van der Waals surface area contributed by atoms with E-state index in [1.54, 1.807) is 36.4 Å². The first-order valence-corrected chi connectivity index (χ1v) is 15.6. The molecule has 6 rings (SSSR count). The molecular formula is C32H40N8O5. The van der Waals surface area contributed by atoms with E-state index >= 15 is 0 Å². The van der Waals surface area contributed by atoms with Crippen LogP contribution in [0.4, 0.5) is 22.1 Å². The Bertz CT molecular complexity index is 1450. The maximum atomic E-state index is 13.0. The number of nitrogens with zero attached hydrogens (tertiary/aromatic N) is 6. The first-order chi connectivity index (χ1) is 21.9. The summed E-state index contributed by atoms with van der Waals surface area (Å²) in [7, 11) is 0. The maximum Gasteiger partial charge on any atom is 0.323 e. The zero-order chi connectivity index (χ0) is 31.2. The van der Waals surface area contributed by atoms with Gasteiger partial charge in [-0.2, -0.15) is 15.0 Å². The zero-order valence-corrected chi connectivity index (χ0v) is 25.8. The summed E-state index contributed by atoms with van der Waals surface area (Å²) >= 11 is 0. The van der Waals surface area contributed by atoms with Crippen molar-refractivity contribution in [1.29, 1.82) is 0 Å². The highest BCUT2D eigenvalue weighted by molar-refractivity contribution is 6.00. The number of urea groups is 1. The Hall–Kier alpha value is -4.33. The van der Waals surface area contributed by atoms with E-state index in [9.17, 15) is 9.59 Å². The molecule has 3 amide bonds. The fourth-order valence-corrected chi connectivity index (χ4v) is 5.50. The van der Waals surface area contributed by atoms with Crippen molar-refractivity contribution in [1.82, 2.24) is 24.8 Å². The molecule has 3 fully saturated rings. The van der Waals surface area contributed by atoms with Gasteiger partial charge in [-0.15, -0.1) is 0 Å². The highest BCUT2D eigenvalue weighted by atomic mass is 16.6. The Labute approximate surface area is 262 Å². The minimum atomic E-state index is -0.393. The molecule has 4 heterocycles. The topological polar surface area (TPSA) is 134 Å². The molecule has 3 aromatic rings. The smallest absolute Gasteiger partial charge is 0.323 e. The Balaban J connectivity index is 1.06. The standard InChI is InChI=1S/C32H40N8O5/c1-22(2)38-12-14-39(15-13-38)29(41)24-5-9-26(10-6-24)34-31(42)33-25-7-3-23(4-8-25)28-35-30(40-16-19-43-20-17-40)37-32(36-28)45-27-11-18-44-21-27/h3-10,22,27H,11-21H2,1-2H3,(H2,33,34,42)/t27-/m0/s1. The van der Waals surface area contributed by atoms with Crippen LogP contribution in [0.2, 0.25) is 0 Å². The molecule has 0 radical (unpaired) electrons. The average Bonchev–Trinajstić information content (AvgIpc) is 3.58. The third-order valence-electron chi connectivity index (χ3n) is 8.18. The van der Waals surface area contributed by atoms with Gasteiger partial charge in [-0.05, 0) is 62.4 Å². The maximum absolute atomic E-state index is 13.0. The summed E-state index contributed by atoms with van der Waals surface area (Å²) in [5, 5.41) is 5.68. The van der Waals surface area contributed by atoms with E-state index in [0.29, 0.717) is 87.4 Å². The monoisotopic (exact) mass is 616 g/mol. The summed E-state index contributed by atoms with van der Waals surface area (Å²) in [4.78, 5) is 45.9. The van der Waals surface area contributed by atoms with Gasteiger partial charge in [0.1, 0.15) is 6.10 Å². The number of morpholine rings is 1. The minimum absolute atomic E-state index is 0.0102. The molecule has 45 heavy (non-hydrogen) atoms. The summed E-state index contributed by atoms with van der Waals surface area (Å²) in [6, 6.07) is 14.6. The van der Waals surface area contributed by atoms with Crippen LogP contribution >= 0.6 is 0 Å². The van der Waals surface area contributed by atoms with Gasteiger partial charge in [0.2, 0.25) is 5.95 Å².